The number of amides is 1. The number of rotatable bonds is 4. The van der Waals surface area contributed by atoms with Crippen LogP contribution in [0.1, 0.15) is 23.2 Å². The first-order chi connectivity index (χ1) is 11.2. The average Bonchev–Trinajstić information content (AvgIpc) is 3.02. The molecule has 23 heavy (non-hydrogen) atoms. The van der Waals surface area contributed by atoms with Crippen LogP contribution in [0.3, 0.4) is 0 Å². The average molecular weight is 316 g/mol. The van der Waals surface area contributed by atoms with E-state index in [2.05, 4.69) is 25.3 Å². The summed E-state index contributed by atoms with van der Waals surface area (Å²) in [5.74, 6) is 1.27. The van der Waals surface area contributed by atoms with Crippen molar-refractivity contribution in [1.29, 1.82) is 0 Å². The molecule has 122 valence electrons. The maximum atomic E-state index is 12.1. The van der Waals surface area contributed by atoms with E-state index >= 15 is 0 Å². The van der Waals surface area contributed by atoms with Gasteiger partial charge in [0.25, 0.3) is 5.91 Å². The SMILES string of the molecule is COc1cnc(N2CCC(NC(=O)c3cnn(C)c3)CC2)nc1. The van der Waals surface area contributed by atoms with Gasteiger partial charge in [-0.15, -0.1) is 0 Å². The molecule has 0 radical (unpaired) electrons. The number of hydrogen-bond acceptors (Lipinski definition) is 6. The lowest BCUT2D eigenvalue weighted by Gasteiger charge is -2.32. The molecule has 0 aromatic carbocycles. The molecule has 8 nitrogen and oxygen atoms in total. The number of aryl methyl sites for hydroxylation is 1. The number of nitrogens with zero attached hydrogens (tertiary/aromatic N) is 5. The largest absolute Gasteiger partial charge is 0.494 e. The summed E-state index contributed by atoms with van der Waals surface area (Å²) in [6.07, 6.45) is 8.35. The molecule has 1 aliphatic heterocycles. The third kappa shape index (κ3) is 3.58. The van der Waals surface area contributed by atoms with Crippen LogP contribution in [0.15, 0.2) is 24.8 Å². The molecule has 0 saturated carbocycles. The molecule has 1 N–H and O–H groups in total. The maximum absolute atomic E-state index is 12.1. The quantitative estimate of drug-likeness (QED) is 0.890. The Balaban J connectivity index is 1.52. The van der Waals surface area contributed by atoms with Gasteiger partial charge in [0, 0.05) is 32.4 Å². The molecule has 3 rings (SSSR count). The molecule has 2 aromatic heterocycles. The van der Waals surface area contributed by atoms with Crippen molar-refractivity contribution in [1.82, 2.24) is 25.1 Å². The van der Waals surface area contributed by atoms with E-state index in [4.69, 9.17) is 4.74 Å². The van der Waals surface area contributed by atoms with Gasteiger partial charge in [0.1, 0.15) is 0 Å². The van der Waals surface area contributed by atoms with Crippen LogP contribution in [0.25, 0.3) is 0 Å². The van der Waals surface area contributed by atoms with Crippen LogP contribution in [-0.2, 0) is 7.05 Å². The number of carbonyl (C=O) groups excluding carboxylic acids is 1. The zero-order valence-corrected chi connectivity index (χ0v) is 13.3. The van der Waals surface area contributed by atoms with Crippen LogP contribution >= 0.6 is 0 Å². The van der Waals surface area contributed by atoms with Crippen molar-refractivity contribution >= 4 is 11.9 Å². The van der Waals surface area contributed by atoms with Crippen molar-refractivity contribution in [2.24, 2.45) is 7.05 Å². The highest BCUT2D eigenvalue weighted by atomic mass is 16.5. The van der Waals surface area contributed by atoms with E-state index in [0.717, 1.165) is 25.9 Å². The smallest absolute Gasteiger partial charge is 0.254 e. The monoisotopic (exact) mass is 316 g/mol. The van der Waals surface area contributed by atoms with E-state index in [9.17, 15) is 4.79 Å². The summed E-state index contributed by atoms with van der Waals surface area (Å²) < 4.78 is 6.69. The highest BCUT2D eigenvalue weighted by Gasteiger charge is 2.23. The minimum Gasteiger partial charge on any atom is -0.494 e. The standard InChI is InChI=1S/C15H20N6O2/c1-20-10-11(7-18-20)14(22)19-12-3-5-21(6-4-12)15-16-8-13(23-2)9-17-15/h7-10,12H,3-6H2,1-2H3,(H,19,22). The van der Waals surface area contributed by atoms with Crippen LogP contribution in [0.5, 0.6) is 5.75 Å². The summed E-state index contributed by atoms with van der Waals surface area (Å²) in [6, 6.07) is 0.164. The van der Waals surface area contributed by atoms with Crippen molar-refractivity contribution in [3.8, 4) is 5.75 Å². The van der Waals surface area contributed by atoms with Gasteiger partial charge < -0.3 is 15.0 Å². The van der Waals surface area contributed by atoms with Crippen molar-refractivity contribution in [2.75, 3.05) is 25.1 Å². The molecule has 1 saturated heterocycles. The molecular formula is C15H20N6O2. The first kappa shape index (κ1) is 15.3. The third-order valence-corrected chi connectivity index (χ3v) is 3.93. The lowest BCUT2D eigenvalue weighted by Crippen LogP contribution is -2.45. The molecule has 0 unspecified atom stereocenters. The fourth-order valence-corrected chi connectivity index (χ4v) is 2.61. The van der Waals surface area contributed by atoms with E-state index in [1.807, 2.05) is 0 Å². The van der Waals surface area contributed by atoms with Crippen molar-refractivity contribution in [3.63, 3.8) is 0 Å². The Labute approximate surface area is 134 Å². The highest BCUT2D eigenvalue weighted by Crippen LogP contribution is 2.17. The van der Waals surface area contributed by atoms with Gasteiger partial charge in [-0.05, 0) is 12.8 Å². The molecule has 0 bridgehead atoms. The molecule has 0 atom stereocenters. The second-order valence-corrected chi connectivity index (χ2v) is 5.56. The second-order valence-electron chi connectivity index (χ2n) is 5.56. The Hall–Kier alpha value is -2.64. The lowest BCUT2D eigenvalue weighted by atomic mass is 10.1. The number of ether oxygens (including phenoxy) is 1. The molecule has 1 amide bonds. The summed E-state index contributed by atoms with van der Waals surface area (Å²) in [5, 5.41) is 7.08. The normalized spacial score (nSPS) is 15.5. The van der Waals surface area contributed by atoms with Gasteiger partial charge in [-0.2, -0.15) is 5.10 Å². The molecule has 3 heterocycles. The van der Waals surface area contributed by atoms with E-state index < -0.39 is 0 Å². The van der Waals surface area contributed by atoms with Gasteiger partial charge in [-0.25, -0.2) is 9.97 Å². The Bertz CT molecular complexity index is 661. The van der Waals surface area contributed by atoms with Gasteiger partial charge in [-0.3, -0.25) is 9.48 Å². The number of methoxy groups -OCH3 is 1. The van der Waals surface area contributed by atoms with E-state index in [1.54, 1.807) is 43.6 Å². The highest BCUT2D eigenvalue weighted by molar-refractivity contribution is 5.93. The molecule has 0 aliphatic carbocycles. The third-order valence-electron chi connectivity index (χ3n) is 3.93. The van der Waals surface area contributed by atoms with E-state index in [1.165, 1.54) is 0 Å². The zero-order valence-electron chi connectivity index (χ0n) is 13.3. The summed E-state index contributed by atoms with van der Waals surface area (Å²) in [5.41, 5.74) is 0.591. The fourth-order valence-electron chi connectivity index (χ4n) is 2.61. The van der Waals surface area contributed by atoms with Crippen molar-refractivity contribution in [2.45, 2.75) is 18.9 Å². The summed E-state index contributed by atoms with van der Waals surface area (Å²) in [4.78, 5) is 22.9. The number of piperidine rings is 1. The zero-order chi connectivity index (χ0) is 16.2. The molecule has 0 spiro atoms. The molecule has 1 fully saturated rings. The first-order valence-electron chi connectivity index (χ1n) is 7.56. The predicted octanol–water partition coefficient (Wildman–Crippen LogP) is 0.617. The number of nitrogens with one attached hydrogen (secondary N) is 1. The van der Waals surface area contributed by atoms with Gasteiger partial charge in [0.2, 0.25) is 5.95 Å². The van der Waals surface area contributed by atoms with Gasteiger partial charge >= 0.3 is 0 Å². The molecule has 1 aliphatic rings. The van der Waals surface area contributed by atoms with Crippen LogP contribution in [0.4, 0.5) is 5.95 Å². The van der Waals surface area contributed by atoms with E-state index in [0.29, 0.717) is 17.3 Å². The van der Waals surface area contributed by atoms with Crippen LogP contribution < -0.4 is 15.0 Å². The van der Waals surface area contributed by atoms with Gasteiger partial charge in [-0.1, -0.05) is 0 Å². The maximum Gasteiger partial charge on any atom is 0.254 e. The van der Waals surface area contributed by atoms with Gasteiger partial charge in [0.15, 0.2) is 5.75 Å². The minimum atomic E-state index is -0.0720. The lowest BCUT2D eigenvalue weighted by molar-refractivity contribution is 0.0931. The number of anilines is 1. The summed E-state index contributed by atoms with van der Waals surface area (Å²) in [7, 11) is 3.39. The topological polar surface area (TPSA) is 85.2 Å². The number of aromatic nitrogens is 4. The van der Waals surface area contributed by atoms with Crippen molar-refractivity contribution in [3.05, 3.63) is 30.4 Å². The molecule has 8 heteroatoms. The molecular weight excluding hydrogens is 296 g/mol. The fraction of sp³-hybridized carbons (Fsp3) is 0.467. The van der Waals surface area contributed by atoms with Gasteiger partial charge in [0.05, 0.1) is 31.3 Å². The van der Waals surface area contributed by atoms with Crippen LogP contribution in [-0.4, -0.2) is 51.9 Å². The Morgan fingerprint density at radius 2 is 1.96 bits per heavy atom. The first-order valence-corrected chi connectivity index (χ1v) is 7.56. The Kier molecular flexibility index (Phi) is 4.40. The van der Waals surface area contributed by atoms with Crippen LogP contribution in [0.2, 0.25) is 0 Å². The minimum absolute atomic E-state index is 0.0720. The van der Waals surface area contributed by atoms with Crippen LogP contribution in [0, 0.1) is 0 Å². The second kappa shape index (κ2) is 6.64. The Morgan fingerprint density at radius 1 is 1.26 bits per heavy atom. The van der Waals surface area contributed by atoms with Crippen molar-refractivity contribution < 1.29 is 9.53 Å². The number of hydrogen-bond donors (Lipinski definition) is 1. The number of carbonyl (C=O) groups is 1. The summed E-state index contributed by atoms with van der Waals surface area (Å²) >= 11 is 0. The Morgan fingerprint density at radius 3 is 2.52 bits per heavy atom. The predicted molar refractivity (Wildman–Crippen MR) is 84.5 cm³/mol. The summed E-state index contributed by atoms with van der Waals surface area (Å²) in [6.45, 7) is 1.62. The molecule has 2 aromatic rings. The van der Waals surface area contributed by atoms with E-state index in [-0.39, 0.29) is 11.9 Å².